The molecule has 0 heterocycles. The van der Waals surface area contributed by atoms with E-state index in [2.05, 4.69) is 0 Å². The fourth-order valence-electron chi connectivity index (χ4n) is 0.814. The molecule has 2 N–H and O–H groups in total. The standard InChI is InChI=1S/C8H17N2O3P/c1-6(2)12-14(11,8(10)5-9)13-7(3)4/h6-8H,10H2,1-4H3. The average molecular weight is 220 g/mol. The molecular formula is C8H17N2O3P. The van der Waals surface area contributed by atoms with Gasteiger partial charge in [-0.1, -0.05) is 0 Å². The van der Waals surface area contributed by atoms with Crippen LogP contribution in [0.15, 0.2) is 0 Å². The van der Waals surface area contributed by atoms with E-state index >= 15 is 0 Å². The van der Waals surface area contributed by atoms with Gasteiger partial charge in [-0.05, 0) is 27.7 Å². The molecule has 0 aromatic carbocycles. The van der Waals surface area contributed by atoms with Crippen LogP contribution in [0.4, 0.5) is 0 Å². The molecule has 0 bridgehead atoms. The second kappa shape index (κ2) is 5.47. The van der Waals surface area contributed by atoms with Crippen LogP contribution in [0.3, 0.4) is 0 Å². The molecule has 0 amide bonds. The fourth-order valence-corrected chi connectivity index (χ4v) is 2.44. The largest absolute Gasteiger partial charge is 0.362 e. The Labute approximate surface area is 84.7 Å². The van der Waals surface area contributed by atoms with Crippen LogP contribution in [0, 0.1) is 11.3 Å². The maximum Gasteiger partial charge on any atom is 0.362 e. The Bertz CT molecular complexity index is 246. The first-order valence-electron chi connectivity index (χ1n) is 4.43. The molecule has 1 unspecified atom stereocenters. The first-order chi connectivity index (χ1) is 6.31. The van der Waals surface area contributed by atoms with Crippen LogP contribution in [0.2, 0.25) is 0 Å². The Hall–Kier alpha value is -0.400. The predicted molar refractivity (Wildman–Crippen MR) is 53.6 cm³/mol. The highest BCUT2D eigenvalue weighted by Gasteiger charge is 2.35. The van der Waals surface area contributed by atoms with E-state index in [1.165, 1.54) is 0 Å². The molecule has 14 heavy (non-hydrogen) atoms. The second-order valence-electron chi connectivity index (χ2n) is 3.42. The lowest BCUT2D eigenvalue weighted by Crippen LogP contribution is -2.24. The summed E-state index contributed by atoms with van der Waals surface area (Å²) in [6, 6.07) is 1.68. The van der Waals surface area contributed by atoms with Crippen molar-refractivity contribution < 1.29 is 13.6 Å². The van der Waals surface area contributed by atoms with Crippen molar-refractivity contribution in [3.63, 3.8) is 0 Å². The molecule has 82 valence electrons. The first kappa shape index (κ1) is 13.6. The van der Waals surface area contributed by atoms with E-state index in [0.29, 0.717) is 0 Å². The number of nitriles is 1. The van der Waals surface area contributed by atoms with Gasteiger partial charge in [0.1, 0.15) is 0 Å². The average Bonchev–Trinajstić information content (AvgIpc) is 1.99. The third kappa shape index (κ3) is 4.21. The van der Waals surface area contributed by atoms with Crippen LogP contribution in [0.25, 0.3) is 0 Å². The number of rotatable bonds is 5. The van der Waals surface area contributed by atoms with E-state index < -0.39 is 13.4 Å². The SMILES string of the molecule is CC(C)OP(=O)(OC(C)C)C(N)C#N. The summed E-state index contributed by atoms with van der Waals surface area (Å²) in [6.45, 7) is 6.84. The molecule has 0 aliphatic rings. The van der Waals surface area contributed by atoms with Crippen LogP contribution in [-0.4, -0.2) is 18.0 Å². The Morgan fingerprint density at radius 1 is 1.21 bits per heavy atom. The molecule has 6 heteroatoms. The number of hydrogen-bond donors (Lipinski definition) is 1. The van der Waals surface area contributed by atoms with Crippen molar-refractivity contribution in [3.05, 3.63) is 0 Å². The van der Waals surface area contributed by atoms with Crippen molar-refractivity contribution in [1.82, 2.24) is 0 Å². The van der Waals surface area contributed by atoms with Crippen LogP contribution in [0.1, 0.15) is 27.7 Å². The van der Waals surface area contributed by atoms with Crippen molar-refractivity contribution in [1.29, 1.82) is 5.26 Å². The van der Waals surface area contributed by atoms with Crippen LogP contribution >= 0.6 is 7.60 Å². The first-order valence-corrected chi connectivity index (χ1v) is 6.04. The number of nitrogens with zero attached hydrogens (tertiary/aromatic N) is 1. The molecule has 1 atom stereocenters. The van der Waals surface area contributed by atoms with E-state index in [4.69, 9.17) is 20.0 Å². The van der Waals surface area contributed by atoms with Crippen molar-refractivity contribution >= 4 is 7.60 Å². The summed E-state index contributed by atoms with van der Waals surface area (Å²) in [5, 5.41) is 8.59. The maximum atomic E-state index is 12.0. The lowest BCUT2D eigenvalue weighted by atomic mass is 10.5. The van der Waals surface area contributed by atoms with Gasteiger partial charge in [-0.2, -0.15) is 5.26 Å². The van der Waals surface area contributed by atoms with Crippen LogP contribution in [-0.2, 0) is 13.6 Å². The van der Waals surface area contributed by atoms with Crippen LogP contribution in [0.5, 0.6) is 0 Å². The van der Waals surface area contributed by atoms with E-state index in [1.807, 2.05) is 0 Å². The monoisotopic (exact) mass is 220 g/mol. The summed E-state index contributed by atoms with van der Waals surface area (Å²) in [7, 11) is -3.51. The third-order valence-electron chi connectivity index (χ3n) is 1.19. The van der Waals surface area contributed by atoms with Gasteiger partial charge >= 0.3 is 7.60 Å². The molecule has 0 aromatic rings. The molecule has 0 radical (unpaired) electrons. The van der Waals surface area contributed by atoms with Gasteiger partial charge in [0.25, 0.3) is 0 Å². The minimum Gasteiger partial charge on any atom is -0.306 e. The highest BCUT2D eigenvalue weighted by atomic mass is 31.2. The van der Waals surface area contributed by atoms with Gasteiger partial charge < -0.3 is 14.8 Å². The summed E-state index contributed by atoms with van der Waals surface area (Å²) in [6.07, 6.45) is -0.585. The Balaban J connectivity index is 4.69. The van der Waals surface area contributed by atoms with Crippen molar-refractivity contribution in [3.8, 4) is 6.07 Å². The van der Waals surface area contributed by atoms with E-state index in [-0.39, 0.29) is 12.2 Å². The highest BCUT2D eigenvalue weighted by Crippen LogP contribution is 2.52. The molecule has 0 aliphatic carbocycles. The van der Waals surface area contributed by atoms with Gasteiger partial charge in [0.2, 0.25) is 0 Å². The molecule has 0 fully saturated rings. The lowest BCUT2D eigenvalue weighted by Gasteiger charge is -2.23. The highest BCUT2D eigenvalue weighted by molar-refractivity contribution is 7.54. The van der Waals surface area contributed by atoms with Gasteiger partial charge in [-0.25, -0.2) is 0 Å². The molecular weight excluding hydrogens is 203 g/mol. The molecule has 0 aliphatic heterocycles. The minimum absolute atomic E-state index is 0.293. The Morgan fingerprint density at radius 2 is 1.57 bits per heavy atom. The van der Waals surface area contributed by atoms with Gasteiger partial charge in [0.15, 0.2) is 5.78 Å². The van der Waals surface area contributed by atoms with Gasteiger partial charge in [0, 0.05) is 0 Å². The molecule has 5 nitrogen and oxygen atoms in total. The number of hydrogen-bond acceptors (Lipinski definition) is 5. The summed E-state index contributed by atoms with van der Waals surface area (Å²) >= 11 is 0. The topological polar surface area (TPSA) is 85.3 Å². The minimum atomic E-state index is -3.51. The van der Waals surface area contributed by atoms with Gasteiger partial charge in [0.05, 0.1) is 18.3 Å². The summed E-state index contributed by atoms with van der Waals surface area (Å²) < 4.78 is 22.1. The predicted octanol–water partition coefficient (Wildman–Crippen LogP) is 1.84. The molecule has 0 rings (SSSR count). The summed E-state index contributed by atoms with van der Waals surface area (Å²) in [5.41, 5.74) is 5.37. The van der Waals surface area contributed by atoms with Crippen molar-refractivity contribution in [2.45, 2.75) is 45.7 Å². The van der Waals surface area contributed by atoms with Gasteiger partial charge in [-0.3, -0.25) is 4.57 Å². The maximum absolute atomic E-state index is 12.0. The van der Waals surface area contributed by atoms with Crippen LogP contribution < -0.4 is 5.73 Å². The van der Waals surface area contributed by atoms with Crippen molar-refractivity contribution in [2.24, 2.45) is 5.73 Å². The summed E-state index contributed by atoms with van der Waals surface area (Å²) in [4.78, 5) is 0. The zero-order valence-electron chi connectivity index (χ0n) is 8.93. The zero-order chi connectivity index (χ0) is 11.4. The van der Waals surface area contributed by atoms with E-state index in [1.54, 1.807) is 33.8 Å². The fraction of sp³-hybridized carbons (Fsp3) is 0.875. The van der Waals surface area contributed by atoms with Gasteiger partial charge in [-0.15, -0.1) is 0 Å². The molecule has 0 saturated carbocycles. The normalized spacial score (nSPS) is 14.4. The van der Waals surface area contributed by atoms with E-state index in [0.717, 1.165) is 0 Å². The second-order valence-corrected chi connectivity index (χ2v) is 5.48. The summed E-state index contributed by atoms with van der Waals surface area (Å²) in [5.74, 6) is -1.23. The zero-order valence-corrected chi connectivity index (χ0v) is 9.82. The number of nitrogens with two attached hydrogens (primary N) is 1. The third-order valence-corrected chi connectivity index (χ3v) is 3.42. The smallest absolute Gasteiger partial charge is 0.306 e. The molecule has 0 saturated heterocycles. The van der Waals surface area contributed by atoms with Crippen molar-refractivity contribution in [2.75, 3.05) is 0 Å². The van der Waals surface area contributed by atoms with E-state index in [9.17, 15) is 4.57 Å². The lowest BCUT2D eigenvalue weighted by molar-refractivity contribution is 0.139. The molecule has 0 spiro atoms. The molecule has 0 aromatic heterocycles. The quantitative estimate of drug-likeness (QED) is 0.714. The Morgan fingerprint density at radius 3 is 1.79 bits per heavy atom. The Kier molecular flexibility index (Phi) is 5.32.